The lowest BCUT2D eigenvalue weighted by Crippen LogP contribution is -2.19. The van der Waals surface area contributed by atoms with Crippen LogP contribution in [0.15, 0.2) is 18.3 Å². The third-order valence-corrected chi connectivity index (χ3v) is 4.13. The summed E-state index contributed by atoms with van der Waals surface area (Å²) < 4.78 is 5.40. The van der Waals surface area contributed by atoms with Crippen LogP contribution in [-0.2, 0) is 6.54 Å². The molecule has 128 valence electrons. The molecule has 2 aromatic rings. The predicted molar refractivity (Wildman–Crippen MR) is 96.0 cm³/mol. The van der Waals surface area contributed by atoms with Crippen molar-refractivity contribution < 1.29 is 4.74 Å². The molecule has 0 atom stereocenters. The number of anilines is 2. The fourth-order valence-electron chi connectivity index (χ4n) is 2.79. The molecule has 0 aromatic carbocycles. The van der Waals surface area contributed by atoms with E-state index in [1.54, 1.807) is 6.20 Å². The van der Waals surface area contributed by atoms with E-state index in [9.17, 15) is 0 Å². The Balaban J connectivity index is 1.71. The van der Waals surface area contributed by atoms with Crippen molar-refractivity contribution in [1.82, 2.24) is 15.0 Å². The van der Waals surface area contributed by atoms with Gasteiger partial charge in [-0.15, -0.1) is 0 Å². The smallest absolute Gasteiger partial charge is 0.237 e. The van der Waals surface area contributed by atoms with Gasteiger partial charge in [-0.2, -0.15) is 4.98 Å². The van der Waals surface area contributed by atoms with E-state index in [1.165, 1.54) is 12.8 Å². The first kappa shape index (κ1) is 16.8. The first-order chi connectivity index (χ1) is 11.7. The number of hydrogen-bond donors (Lipinski definition) is 1. The zero-order valence-electron chi connectivity index (χ0n) is 14.0. The molecule has 0 radical (unpaired) electrons. The molecule has 3 heterocycles. The van der Waals surface area contributed by atoms with Gasteiger partial charge in [0.25, 0.3) is 0 Å². The monoisotopic (exact) mass is 347 g/mol. The second-order valence-electron chi connectivity index (χ2n) is 5.80. The summed E-state index contributed by atoms with van der Waals surface area (Å²) >= 11 is 6.01. The zero-order valence-corrected chi connectivity index (χ0v) is 14.8. The maximum atomic E-state index is 6.01. The molecular weight excluding hydrogens is 326 g/mol. The second-order valence-corrected chi connectivity index (χ2v) is 6.21. The van der Waals surface area contributed by atoms with Crippen molar-refractivity contribution in [3.63, 3.8) is 0 Å². The largest absolute Gasteiger partial charge is 0.477 e. The normalized spacial score (nSPS) is 14.0. The van der Waals surface area contributed by atoms with E-state index < -0.39 is 0 Å². The summed E-state index contributed by atoms with van der Waals surface area (Å²) in [4.78, 5) is 15.5. The third-order valence-electron chi connectivity index (χ3n) is 3.87. The van der Waals surface area contributed by atoms with Gasteiger partial charge in [0.2, 0.25) is 11.8 Å². The molecular formula is C17H22ClN5O. The van der Waals surface area contributed by atoms with Crippen molar-refractivity contribution >= 4 is 23.4 Å². The van der Waals surface area contributed by atoms with Crippen LogP contribution in [0, 0.1) is 6.92 Å². The van der Waals surface area contributed by atoms with Gasteiger partial charge in [-0.1, -0.05) is 11.6 Å². The molecule has 24 heavy (non-hydrogen) atoms. The molecule has 0 saturated carbocycles. The maximum Gasteiger partial charge on any atom is 0.237 e. The fraction of sp³-hybridized carbons (Fsp3) is 0.471. The van der Waals surface area contributed by atoms with Crippen molar-refractivity contribution in [3.05, 3.63) is 34.6 Å². The minimum absolute atomic E-state index is 0.403. The molecule has 0 bridgehead atoms. The standard InChI is InChI=1S/C17H22ClN5O/c1-3-24-16-14(18)11-20-17(22-16)19-10-13-8-12(2)21-15(9-13)23-6-4-5-7-23/h8-9,11H,3-7,10H2,1-2H3,(H,19,20,22). The molecule has 1 aliphatic rings. The Morgan fingerprint density at radius 2 is 2.04 bits per heavy atom. The summed E-state index contributed by atoms with van der Waals surface area (Å²) in [6.45, 7) is 7.22. The van der Waals surface area contributed by atoms with Crippen molar-refractivity contribution in [2.75, 3.05) is 29.9 Å². The lowest BCUT2D eigenvalue weighted by Gasteiger charge is -2.18. The van der Waals surface area contributed by atoms with Crippen LogP contribution in [0.5, 0.6) is 5.88 Å². The topological polar surface area (TPSA) is 63.2 Å². The lowest BCUT2D eigenvalue weighted by atomic mass is 10.2. The Bertz CT molecular complexity index is 703. The number of ether oxygens (including phenoxy) is 1. The Morgan fingerprint density at radius 3 is 2.79 bits per heavy atom. The average Bonchev–Trinajstić information content (AvgIpc) is 3.10. The van der Waals surface area contributed by atoms with Gasteiger partial charge in [0, 0.05) is 25.3 Å². The van der Waals surface area contributed by atoms with Crippen molar-refractivity contribution in [2.24, 2.45) is 0 Å². The summed E-state index contributed by atoms with van der Waals surface area (Å²) in [5, 5.41) is 3.64. The number of nitrogens with zero attached hydrogens (tertiary/aromatic N) is 4. The molecule has 0 spiro atoms. The molecule has 0 unspecified atom stereocenters. The summed E-state index contributed by atoms with van der Waals surface area (Å²) in [6, 6.07) is 4.20. The van der Waals surface area contributed by atoms with Crippen LogP contribution in [0.3, 0.4) is 0 Å². The van der Waals surface area contributed by atoms with E-state index in [4.69, 9.17) is 16.3 Å². The number of rotatable bonds is 6. The van der Waals surface area contributed by atoms with Crippen LogP contribution in [0.2, 0.25) is 5.02 Å². The van der Waals surface area contributed by atoms with E-state index in [0.717, 1.165) is 30.2 Å². The zero-order chi connectivity index (χ0) is 16.9. The molecule has 3 rings (SSSR count). The maximum absolute atomic E-state index is 6.01. The summed E-state index contributed by atoms with van der Waals surface area (Å²) in [5.74, 6) is 1.96. The van der Waals surface area contributed by atoms with Gasteiger partial charge in [0.15, 0.2) is 0 Å². The summed E-state index contributed by atoms with van der Waals surface area (Å²) in [6.07, 6.45) is 4.03. The number of halogens is 1. The van der Waals surface area contributed by atoms with Crippen LogP contribution in [-0.4, -0.2) is 34.6 Å². The number of aromatic nitrogens is 3. The third kappa shape index (κ3) is 4.06. The molecule has 1 aliphatic heterocycles. The van der Waals surface area contributed by atoms with Gasteiger partial charge >= 0.3 is 0 Å². The van der Waals surface area contributed by atoms with E-state index in [0.29, 0.717) is 30.0 Å². The number of hydrogen-bond acceptors (Lipinski definition) is 6. The Kier molecular flexibility index (Phi) is 5.35. The highest BCUT2D eigenvalue weighted by Gasteiger charge is 2.14. The van der Waals surface area contributed by atoms with Crippen LogP contribution in [0.25, 0.3) is 0 Å². The number of aryl methyl sites for hydroxylation is 1. The molecule has 6 nitrogen and oxygen atoms in total. The van der Waals surface area contributed by atoms with E-state index >= 15 is 0 Å². The van der Waals surface area contributed by atoms with Crippen molar-refractivity contribution in [2.45, 2.75) is 33.2 Å². The molecule has 0 aliphatic carbocycles. The molecule has 1 saturated heterocycles. The highest BCUT2D eigenvalue weighted by molar-refractivity contribution is 6.31. The van der Waals surface area contributed by atoms with E-state index in [-0.39, 0.29) is 0 Å². The van der Waals surface area contributed by atoms with E-state index in [1.807, 2.05) is 13.8 Å². The number of nitrogens with one attached hydrogen (secondary N) is 1. The fourth-order valence-corrected chi connectivity index (χ4v) is 2.93. The highest BCUT2D eigenvalue weighted by atomic mass is 35.5. The van der Waals surface area contributed by atoms with Gasteiger partial charge in [-0.25, -0.2) is 9.97 Å². The van der Waals surface area contributed by atoms with E-state index in [2.05, 4.69) is 37.3 Å². The minimum atomic E-state index is 0.403. The second kappa shape index (κ2) is 7.66. The Hall–Kier alpha value is -2.08. The molecule has 2 aromatic heterocycles. The predicted octanol–water partition coefficient (Wildman–Crippen LogP) is 3.44. The van der Waals surface area contributed by atoms with Gasteiger partial charge in [-0.05, 0) is 44.4 Å². The molecule has 7 heteroatoms. The SMILES string of the molecule is CCOc1nc(NCc2cc(C)nc(N3CCCC3)c2)ncc1Cl. The lowest BCUT2D eigenvalue weighted by molar-refractivity contribution is 0.327. The van der Waals surface area contributed by atoms with Gasteiger partial charge in [-0.3, -0.25) is 0 Å². The molecule has 1 fully saturated rings. The summed E-state index contributed by atoms with van der Waals surface area (Å²) in [5.41, 5.74) is 2.17. The van der Waals surface area contributed by atoms with Crippen LogP contribution in [0.1, 0.15) is 31.0 Å². The van der Waals surface area contributed by atoms with Gasteiger partial charge in [0.1, 0.15) is 10.8 Å². The quantitative estimate of drug-likeness (QED) is 0.863. The van der Waals surface area contributed by atoms with Crippen LogP contribution < -0.4 is 15.0 Å². The van der Waals surface area contributed by atoms with Gasteiger partial charge in [0.05, 0.1) is 12.8 Å². The Labute approximate surface area is 147 Å². The summed E-state index contributed by atoms with van der Waals surface area (Å²) in [7, 11) is 0. The Morgan fingerprint density at radius 1 is 1.25 bits per heavy atom. The average molecular weight is 348 g/mol. The molecule has 0 amide bonds. The van der Waals surface area contributed by atoms with Crippen LogP contribution in [0.4, 0.5) is 11.8 Å². The molecule has 1 N–H and O–H groups in total. The minimum Gasteiger partial charge on any atom is -0.477 e. The van der Waals surface area contributed by atoms with Crippen molar-refractivity contribution in [3.8, 4) is 5.88 Å². The number of pyridine rings is 1. The van der Waals surface area contributed by atoms with Crippen LogP contribution >= 0.6 is 11.6 Å². The van der Waals surface area contributed by atoms with Gasteiger partial charge < -0.3 is 15.0 Å². The first-order valence-electron chi connectivity index (χ1n) is 8.27. The first-order valence-corrected chi connectivity index (χ1v) is 8.65. The van der Waals surface area contributed by atoms with Crippen molar-refractivity contribution in [1.29, 1.82) is 0 Å². The highest BCUT2D eigenvalue weighted by Crippen LogP contribution is 2.23.